The van der Waals surface area contributed by atoms with E-state index in [2.05, 4.69) is 51.2 Å². The van der Waals surface area contributed by atoms with Crippen molar-refractivity contribution in [1.29, 1.82) is 5.26 Å². The van der Waals surface area contributed by atoms with Crippen molar-refractivity contribution in [1.82, 2.24) is 5.32 Å². The molecule has 3 heteroatoms. The molecule has 1 rings (SSSR count). The molecule has 1 aromatic rings. The number of nitrogens with one attached hydrogen (secondary N) is 1. The molecule has 0 aromatic heterocycles. The van der Waals surface area contributed by atoms with Crippen LogP contribution in [0.15, 0.2) is 24.3 Å². The average Bonchev–Trinajstić information content (AvgIpc) is 2.42. The Bertz CT molecular complexity index is 426. The van der Waals surface area contributed by atoms with Gasteiger partial charge in [0.1, 0.15) is 5.75 Å². The SMILES string of the molecule is CCCNC(C#N)CCOc1ccc(C(C)(C)C)cc1. The van der Waals surface area contributed by atoms with Crippen LogP contribution >= 0.6 is 0 Å². The lowest BCUT2D eigenvalue weighted by molar-refractivity contribution is 0.297. The smallest absolute Gasteiger partial charge is 0.119 e. The van der Waals surface area contributed by atoms with Crippen molar-refractivity contribution >= 4 is 0 Å². The number of rotatable bonds is 7. The minimum Gasteiger partial charge on any atom is -0.493 e. The molecule has 0 aliphatic heterocycles. The molecule has 0 fully saturated rings. The van der Waals surface area contributed by atoms with Crippen LogP contribution in [0, 0.1) is 11.3 Å². The van der Waals surface area contributed by atoms with Crippen LogP contribution in [0.2, 0.25) is 0 Å². The lowest BCUT2D eigenvalue weighted by Crippen LogP contribution is -2.29. The van der Waals surface area contributed by atoms with Gasteiger partial charge in [-0.05, 0) is 36.1 Å². The second-order valence-corrected chi connectivity index (χ2v) is 6.05. The first-order valence-electron chi connectivity index (χ1n) is 7.33. The molecule has 1 unspecified atom stereocenters. The zero-order valence-electron chi connectivity index (χ0n) is 13.1. The summed E-state index contributed by atoms with van der Waals surface area (Å²) in [6.45, 7) is 10.1. The van der Waals surface area contributed by atoms with Gasteiger partial charge in [-0.3, -0.25) is 0 Å². The molecule has 1 atom stereocenters. The highest BCUT2D eigenvalue weighted by molar-refractivity contribution is 5.31. The fourth-order valence-electron chi connectivity index (χ4n) is 1.88. The molecule has 0 saturated heterocycles. The maximum absolute atomic E-state index is 9.01. The van der Waals surface area contributed by atoms with Gasteiger partial charge in [-0.2, -0.15) is 5.26 Å². The number of hydrogen-bond acceptors (Lipinski definition) is 3. The van der Waals surface area contributed by atoms with Crippen molar-refractivity contribution in [2.24, 2.45) is 0 Å². The highest BCUT2D eigenvalue weighted by Crippen LogP contribution is 2.24. The van der Waals surface area contributed by atoms with E-state index in [4.69, 9.17) is 10.00 Å². The molecule has 0 aliphatic rings. The van der Waals surface area contributed by atoms with Gasteiger partial charge >= 0.3 is 0 Å². The molecule has 110 valence electrons. The Balaban J connectivity index is 2.41. The van der Waals surface area contributed by atoms with E-state index >= 15 is 0 Å². The predicted molar refractivity (Wildman–Crippen MR) is 82.9 cm³/mol. The Morgan fingerprint density at radius 2 is 1.90 bits per heavy atom. The summed E-state index contributed by atoms with van der Waals surface area (Å²) < 4.78 is 5.69. The van der Waals surface area contributed by atoms with Gasteiger partial charge in [0.2, 0.25) is 0 Å². The van der Waals surface area contributed by atoms with Crippen molar-refractivity contribution in [2.75, 3.05) is 13.2 Å². The Morgan fingerprint density at radius 3 is 2.40 bits per heavy atom. The minimum atomic E-state index is -0.121. The van der Waals surface area contributed by atoms with Crippen molar-refractivity contribution < 1.29 is 4.74 Å². The Morgan fingerprint density at radius 1 is 1.25 bits per heavy atom. The molecule has 0 bridgehead atoms. The summed E-state index contributed by atoms with van der Waals surface area (Å²) >= 11 is 0. The molecule has 20 heavy (non-hydrogen) atoms. The quantitative estimate of drug-likeness (QED) is 0.825. The van der Waals surface area contributed by atoms with Gasteiger partial charge in [-0.25, -0.2) is 0 Å². The molecule has 0 amide bonds. The number of nitriles is 1. The van der Waals surface area contributed by atoms with E-state index in [-0.39, 0.29) is 11.5 Å². The summed E-state index contributed by atoms with van der Waals surface area (Å²) in [6, 6.07) is 10.3. The third kappa shape index (κ3) is 5.63. The van der Waals surface area contributed by atoms with Crippen molar-refractivity contribution in [3.8, 4) is 11.8 Å². The second kappa shape index (κ2) is 7.91. The summed E-state index contributed by atoms with van der Waals surface area (Å²) in [4.78, 5) is 0. The first-order valence-corrected chi connectivity index (χ1v) is 7.33. The lowest BCUT2D eigenvalue weighted by Gasteiger charge is -2.19. The first kappa shape index (κ1) is 16.5. The van der Waals surface area contributed by atoms with E-state index in [1.165, 1.54) is 5.56 Å². The van der Waals surface area contributed by atoms with Gasteiger partial charge in [-0.15, -0.1) is 0 Å². The Kier molecular flexibility index (Phi) is 6.54. The zero-order valence-corrected chi connectivity index (χ0v) is 13.1. The highest BCUT2D eigenvalue weighted by Gasteiger charge is 2.13. The monoisotopic (exact) mass is 274 g/mol. The summed E-state index contributed by atoms with van der Waals surface area (Å²) in [7, 11) is 0. The fraction of sp³-hybridized carbons (Fsp3) is 0.588. The van der Waals surface area contributed by atoms with Crippen LogP contribution in [0.5, 0.6) is 5.75 Å². The molecular formula is C17H26N2O. The molecule has 0 heterocycles. The predicted octanol–water partition coefficient (Wildman–Crippen LogP) is 3.64. The van der Waals surface area contributed by atoms with Crippen LogP contribution in [0.1, 0.15) is 46.1 Å². The molecule has 0 spiro atoms. The number of benzene rings is 1. The molecule has 3 nitrogen and oxygen atoms in total. The zero-order chi connectivity index (χ0) is 15.0. The molecule has 1 aromatic carbocycles. The summed E-state index contributed by atoms with van der Waals surface area (Å²) in [6.07, 6.45) is 1.74. The van der Waals surface area contributed by atoms with Crippen LogP contribution in [-0.2, 0) is 5.41 Å². The van der Waals surface area contributed by atoms with Crippen molar-refractivity contribution in [2.45, 2.75) is 52.0 Å². The molecule has 0 saturated carbocycles. The topological polar surface area (TPSA) is 45.0 Å². The average molecular weight is 274 g/mol. The third-order valence-electron chi connectivity index (χ3n) is 3.19. The van der Waals surface area contributed by atoms with Crippen LogP contribution in [0.25, 0.3) is 0 Å². The highest BCUT2D eigenvalue weighted by atomic mass is 16.5. The Labute approximate surface area is 123 Å². The van der Waals surface area contributed by atoms with E-state index in [1.807, 2.05) is 12.1 Å². The molecular weight excluding hydrogens is 248 g/mol. The second-order valence-electron chi connectivity index (χ2n) is 6.05. The van der Waals surface area contributed by atoms with Crippen molar-refractivity contribution in [3.63, 3.8) is 0 Å². The van der Waals surface area contributed by atoms with Crippen LogP contribution in [0.3, 0.4) is 0 Å². The maximum Gasteiger partial charge on any atom is 0.119 e. The molecule has 1 N–H and O–H groups in total. The number of ether oxygens (including phenoxy) is 1. The normalized spacial score (nSPS) is 12.8. The third-order valence-corrected chi connectivity index (χ3v) is 3.19. The maximum atomic E-state index is 9.01. The van der Waals surface area contributed by atoms with Gasteiger partial charge < -0.3 is 10.1 Å². The molecule has 0 aliphatic carbocycles. The van der Waals surface area contributed by atoms with Gasteiger partial charge in [0, 0.05) is 6.42 Å². The Hall–Kier alpha value is -1.53. The lowest BCUT2D eigenvalue weighted by atomic mass is 9.87. The fourth-order valence-corrected chi connectivity index (χ4v) is 1.88. The van der Waals surface area contributed by atoms with E-state index in [9.17, 15) is 0 Å². The minimum absolute atomic E-state index is 0.121. The number of nitrogens with zero attached hydrogens (tertiary/aromatic N) is 1. The van der Waals surface area contributed by atoms with Gasteiger partial charge in [0.05, 0.1) is 18.7 Å². The van der Waals surface area contributed by atoms with Gasteiger partial charge in [0.25, 0.3) is 0 Å². The van der Waals surface area contributed by atoms with Crippen LogP contribution < -0.4 is 10.1 Å². The summed E-state index contributed by atoms with van der Waals surface area (Å²) in [5.74, 6) is 0.866. The largest absolute Gasteiger partial charge is 0.493 e. The summed E-state index contributed by atoms with van der Waals surface area (Å²) in [5, 5.41) is 12.2. The standard InChI is InChI=1S/C17H26N2O/c1-5-11-19-15(13-18)10-12-20-16-8-6-14(7-9-16)17(2,3)4/h6-9,15,19H,5,10-12H2,1-4H3. The van der Waals surface area contributed by atoms with E-state index in [1.54, 1.807) is 0 Å². The number of hydrogen-bond donors (Lipinski definition) is 1. The van der Waals surface area contributed by atoms with Crippen molar-refractivity contribution in [3.05, 3.63) is 29.8 Å². The summed E-state index contributed by atoms with van der Waals surface area (Å²) in [5.41, 5.74) is 1.46. The van der Waals surface area contributed by atoms with E-state index < -0.39 is 0 Å². The van der Waals surface area contributed by atoms with Gasteiger partial charge in [-0.1, -0.05) is 39.8 Å². The van der Waals surface area contributed by atoms with E-state index in [0.717, 1.165) is 18.7 Å². The van der Waals surface area contributed by atoms with Gasteiger partial charge in [0.15, 0.2) is 0 Å². The van der Waals surface area contributed by atoms with Crippen LogP contribution in [0.4, 0.5) is 0 Å². The van der Waals surface area contributed by atoms with E-state index in [0.29, 0.717) is 13.0 Å². The van der Waals surface area contributed by atoms with Crippen LogP contribution in [-0.4, -0.2) is 19.2 Å². The molecule has 0 radical (unpaired) electrons. The first-order chi connectivity index (χ1) is 9.47.